The Labute approximate surface area is 126 Å². The smallest absolute Gasteiger partial charge is 0.224 e. The summed E-state index contributed by atoms with van der Waals surface area (Å²) in [5, 5.41) is 4.21. The number of benzene rings is 1. The van der Waals surface area contributed by atoms with E-state index in [1.165, 1.54) is 25.7 Å². The number of para-hydroxylation sites is 1. The molecule has 3 rings (SSSR count). The van der Waals surface area contributed by atoms with E-state index < -0.39 is 0 Å². The van der Waals surface area contributed by atoms with Gasteiger partial charge in [-0.25, -0.2) is 4.98 Å². The molecule has 0 atom stereocenters. The van der Waals surface area contributed by atoms with Crippen molar-refractivity contribution < 1.29 is 0 Å². The molecule has 0 unspecified atom stereocenters. The van der Waals surface area contributed by atoms with Gasteiger partial charge < -0.3 is 10.2 Å². The normalized spacial score (nSPS) is 22.2. The maximum atomic E-state index is 4.72. The highest BCUT2D eigenvalue weighted by molar-refractivity contribution is 5.90. The fourth-order valence-electron chi connectivity index (χ4n) is 3.24. The van der Waals surface area contributed by atoms with E-state index in [1.54, 1.807) is 0 Å². The first-order valence-electron chi connectivity index (χ1n) is 7.86. The number of nitrogens with zero attached hydrogens (tertiary/aromatic N) is 3. The van der Waals surface area contributed by atoms with Crippen LogP contribution < -0.4 is 10.2 Å². The van der Waals surface area contributed by atoms with E-state index in [2.05, 4.69) is 47.4 Å². The summed E-state index contributed by atoms with van der Waals surface area (Å²) in [7, 11) is 4.05. The van der Waals surface area contributed by atoms with Crippen molar-refractivity contribution in [1.82, 2.24) is 9.97 Å². The molecule has 1 N–H and O–H groups in total. The Morgan fingerprint density at radius 3 is 2.52 bits per heavy atom. The molecular formula is C17H24N4. The molecule has 1 heterocycles. The van der Waals surface area contributed by atoms with E-state index in [4.69, 9.17) is 4.98 Å². The van der Waals surface area contributed by atoms with Gasteiger partial charge in [0.1, 0.15) is 5.82 Å². The molecule has 2 aromatic rings. The minimum atomic E-state index is 0.587. The van der Waals surface area contributed by atoms with Crippen LogP contribution in [0.25, 0.3) is 10.9 Å². The van der Waals surface area contributed by atoms with E-state index in [1.807, 2.05) is 13.1 Å². The van der Waals surface area contributed by atoms with Crippen molar-refractivity contribution in [1.29, 1.82) is 0 Å². The molecule has 1 aromatic heterocycles. The molecule has 0 aliphatic heterocycles. The van der Waals surface area contributed by atoms with E-state index >= 15 is 0 Å². The third-order valence-corrected chi connectivity index (χ3v) is 4.67. The lowest BCUT2D eigenvalue weighted by molar-refractivity contribution is 0.340. The predicted octanol–water partition coefficient (Wildman–Crippen LogP) is 3.69. The molecule has 4 nitrogen and oxygen atoms in total. The van der Waals surface area contributed by atoms with Crippen LogP contribution in [-0.2, 0) is 0 Å². The van der Waals surface area contributed by atoms with Crippen molar-refractivity contribution in [2.75, 3.05) is 24.3 Å². The van der Waals surface area contributed by atoms with Gasteiger partial charge in [0.2, 0.25) is 5.95 Å². The fourth-order valence-corrected chi connectivity index (χ4v) is 3.24. The van der Waals surface area contributed by atoms with Gasteiger partial charge in [0.15, 0.2) is 0 Å². The van der Waals surface area contributed by atoms with Crippen molar-refractivity contribution >= 4 is 22.7 Å². The average Bonchev–Trinajstić information content (AvgIpc) is 2.53. The number of rotatable bonds is 3. The number of hydrogen-bond acceptors (Lipinski definition) is 4. The molecule has 1 aromatic carbocycles. The second-order valence-corrected chi connectivity index (χ2v) is 6.16. The first kappa shape index (κ1) is 14.1. The molecular weight excluding hydrogens is 260 g/mol. The summed E-state index contributed by atoms with van der Waals surface area (Å²) in [5.74, 6) is 2.61. The van der Waals surface area contributed by atoms with Crippen LogP contribution in [0.3, 0.4) is 0 Å². The van der Waals surface area contributed by atoms with Gasteiger partial charge in [-0.15, -0.1) is 0 Å². The molecule has 0 bridgehead atoms. The van der Waals surface area contributed by atoms with E-state index in [-0.39, 0.29) is 0 Å². The minimum Gasteiger partial charge on any atom is -0.357 e. The van der Waals surface area contributed by atoms with Crippen LogP contribution in [0.2, 0.25) is 0 Å². The van der Waals surface area contributed by atoms with Gasteiger partial charge in [-0.3, -0.25) is 0 Å². The molecule has 1 saturated carbocycles. The summed E-state index contributed by atoms with van der Waals surface area (Å²) in [6, 6.07) is 8.85. The molecule has 1 fully saturated rings. The Kier molecular flexibility index (Phi) is 3.95. The maximum absolute atomic E-state index is 4.72. The van der Waals surface area contributed by atoms with Gasteiger partial charge in [-0.2, -0.15) is 4.98 Å². The summed E-state index contributed by atoms with van der Waals surface area (Å²) in [6.45, 7) is 2.36. The molecule has 0 saturated heterocycles. The van der Waals surface area contributed by atoms with E-state index in [0.717, 1.165) is 22.6 Å². The Bertz CT molecular complexity index is 617. The standard InChI is InChI=1S/C17H24N4/c1-12-8-10-13(11-9-12)21(3)16-14-6-4-5-7-15(14)19-17(18-2)20-16/h4-7,12-13H,8-11H2,1-3H3,(H,18,19,20). The number of fused-ring (bicyclic) bond motifs is 1. The molecule has 4 heteroatoms. The van der Waals surface area contributed by atoms with Crippen molar-refractivity contribution in [2.45, 2.75) is 38.6 Å². The van der Waals surface area contributed by atoms with Gasteiger partial charge in [-0.05, 0) is 43.7 Å². The summed E-state index contributed by atoms with van der Waals surface area (Å²) < 4.78 is 0. The second-order valence-electron chi connectivity index (χ2n) is 6.16. The van der Waals surface area contributed by atoms with Crippen LogP contribution in [-0.4, -0.2) is 30.1 Å². The van der Waals surface area contributed by atoms with Gasteiger partial charge in [0.05, 0.1) is 5.52 Å². The molecule has 112 valence electrons. The van der Waals surface area contributed by atoms with Crippen molar-refractivity contribution in [3.63, 3.8) is 0 Å². The lowest BCUT2D eigenvalue weighted by Crippen LogP contribution is -2.35. The van der Waals surface area contributed by atoms with Crippen LogP contribution in [0.1, 0.15) is 32.6 Å². The molecule has 1 aliphatic rings. The monoisotopic (exact) mass is 284 g/mol. The molecule has 0 amide bonds. The molecule has 0 radical (unpaired) electrons. The third-order valence-electron chi connectivity index (χ3n) is 4.67. The lowest BCUT2D eigenvalue weighted by Gasteiger charge is -2.34. The summed E-state index contributed by atoms with van der Waals surface area (Å²) in [4.78, 5) is 11.6. The van der Waals surface area contributed by atoms with Crippen LogP contribution in [0.5, 0.6) is 0 Å². The number of anilines is 2. The largest absolute Gasteiger partial charge is 0.357 e. The first-order chi connectivity index (χ1) is 10.2. The highest BCUT2D eigenvalue weighted by Gasteiger charge is 2.24. The zero-order valence-corrected chi connectivity index (χ0v) is 13.1. The second kappa shape index (κ2) is 5.88. The summed E-state index contributed by atoms with van der Waals surface area (Å²) in [6.07, 6.45) is 5.14. The fraction of sp³-hybridized carbons (Fsp3) is 0.529. The molecule has 0 spiro atoms. The zero-order chi connectivity index (χ0) is 14.8. The Morgan fingerprint density at radius 1 is 1.10 bits per heavy atom. The SMILES string of the molecule is CNc1nc(N(C)C2CCC(C)CC2)c2ccccc2n1. The Hall–Kier alpha value is -1.84. The highest BCUT2D eigenvalue weighted by Crippen LogP contribution is 2.32. The first-order valence-corrected chi connectivity index (χ1v) is 7.86. The molecule has 21 heavy (non-hydrogen) atoms. The predicted molar refractivity (Wildman–Crippen MR) is 88.9 cm³/mol. The van der Waals surface area contributed by atoms with Crippen molar-refractivity contribution in [2.24, 2.45) is 5.92 Å². The van der Waals surface area contributed by atoms with E-state index in [9.17, 15) is 0 Å². The zero-order valence-electron chi connectivity index (χ0n) is 13.1. The topological polar surface area (TPSA) is 41.1 Å². The highest BCUT2D eigenvalue weighted by atomic mass is 15.2. The Balaban J connectivity index is 1.98. The van der Waals surface area contributed by atoms with Crippen LogP contribution in [0, 0.1) is 5.92 Å². The van der Waals surface area contributed by atoms with Crippen molar-refractivity contribution in [3.05, 3.63) is 24.3 Å². The third kappa shape index (κ3) is 2.80. The minimum absolute atomic E-state index is 0.587. The van der Waals surface area contributed by atoms with Gasteiger partial charge >= 0.3 is 0 Å². The lowest BCUT2D eigenvalue weighted by atomic mass is 9.86. The van der Waals surface area contributed by atoms with E-state index in [0.29, 0.717) is 12.0 Å². The van der Waals surface area contributed by atoms with Gasteiger partial charge in [0, 0.05) is 25.5 Å². The quantitative estimate of drug-likeness (QED) is 0.933. The number of nitrogens with one attached hydrogen (secondary N) is 1. The van der Waals surface area contributed by atoms with Crippen LogP contribution in [0.15, 0.2) is 24.3 Å². The van der Waals surface area contributed by atoms with Gasteiger partial charge in [-0.1, -0.05) is 19.1 Å². The van der Waals surface area contributed by atoms with Crippen LogP contribution in [0.4, 0.5) is 11.8 Å². The average molecular weight is 284 g/mol. The summed E-state index contributed by atoms with van der Waals surface area (Å²) >= 11 is 0. The maximum Gasteiger partial charge on any atom is 0.224 e. The van der Waals surface area contributed by atoms with Gasteiger partial charge in [0.25, 0.3) is 0 Å². The Morgan fingerprint density at radius 2 is 1.81 bits per heavy atom. The molecule has 1 aliphatic carbocycles. The number of aromatic nitrogens is 2. The number of hydrogen-bond donors (Lipinski definition) is 1. The summed E-state index contributed by atoms with van der Waals surface area (Å²) in [5.41, 5.74) is 1.00. The van der Waals surface area contributed by atoms with Crippen LogP contribution >= 0.6 is 0 Å². The van der Waals surface area contributed by atoms with Crippen molar-refractivity contribution in [3.8, 4) is 0 Å².